The molecule has 3 rings (SSSR count). The lowest BCUT2D eigenvalue weighted by molar-refractivity contribution is -0.120. The van der Waals surface area contributed by atoms with Gasteiger partial charge in [0.05, 0.1) is 11.1 Å². The molecule has 5 heteroatoms. The highest BCUT2D eigenvalue weighted by Crippen LogP contribution is 2.36. The van der Waals surface area contributed by atoms with E-state index < -0.39 is 5.41 Å². The number of H-pyrrole nitrogens is 1. The molecule has 0 spiro atoms. The van der Waals surface area contributed by atoms with Crippen molar-refractivity contribution < 1.29 is 4.79 Å². The standard InChI is InChI=1S/C16H20N4O/c1-16(2,13-8-3-4-9-17-13)15(21)18-14-10-12(19-20-14)11-6-5-7-11/h3-4,8-11H,5-7H2,1-2H3,(H2,18,19,20,21). The lowest BCUT2D eigenvalue weighted by Crippen LogP contribution is -2.35. The molecule has 2 heterocycles. The van der Waals surface area contributed by atoms with E-state index in [1.54, 1.807) is 6.20 Å². The zero-order valence-corrected chi connectivity index (χ0v) is 12.4. The Bertz CT molecular complexity index is 629. The normalized spacial score (nSPS) is 15.5. The van der Waals surface area contributed by atoms with Crippen molar-refractivity contribution in [1.29, 1.82) is 0 Å². The number of amides is 1. The van der Waals surface area contributed by atoms with E-state index in [0.29, 0.717) is 11.7 Å². The first-order chi connectivity index (χ1) is 10.1. The van der Waals surface area contributed by atoms with Gasteiger partial charge < -0.3 is 5.32 Å². The lowest BCUT2D eigenvalue weighted by Gasteiger charge is -2.23. The van der Waals surface area contributed by atoms with Gasteiger partial charge in [0.2, 0.25) is 5.91 Å². The van der Waals surface area contributed by atoms with Crippen LogP contribution in [0.1, 0.15) is 50.4 Å². The number of nitrogens with zero attached hydrogens (tertiary/aromatic N) is 2. The van der Waals surface area contributed by atoms with E-state index in [2.05, 4.69) is 20.5 Å². The molecule has 0 aliphatic heterocycles. The van der Waals surface area contributed by atoms with E-state index >= 15 is 0 Å². The molecule has 2 aromatic rings. The Kier molecular flexibility index (Phi) is 3.49. The summed E-state index contributed by atoms with van der Waals surface area (Å²) in [5, 5.41) is 10.1. The molecule has 5 nitrogen and oxygen atoms in total. The number of aromatic amines is 1. The number of carbonyl (C=O) groups excluding carboxylic acids is 1. The van der Waals surface area contributed by atoms with E-state index in [0.717, 1.165) is 11.4 Å². The molecule has 110 valence electrons. The van der Waals surface area contributed by atoms with E-state index in [1.165, 1.54) is 19.3 Å². The molecular formula is C16H20N4O. The zero-order chi connectivity index (χ0) is 14.9. The molecular weight excluding hydrogens is 264 g/mol. The van der Waals surface area contributed by atoms with Gasteiger partial charge in [0.15, 0.2) is 5.82 Å². The molecule has 0 unspecified atom stereocenters. The van der Waals surface area contributed by atoms with Crippen LogP contribution in [0.25, 0.3) is 0 Å². The van der Waals surface area contributed by atoms with Crippen molar-refractivity contribution in [2.45, 2.75) is 44.4 Å². The Morgan fingerprint density at radius 3 is 2.81 bits per heavy atom. The van der Waals surface area contributed by atoms with Gasteiger partial charge in [-0.25, -0.2) is 0 Å². The first kappa shape index (κ1) is 13.8. The molecule has 1 fully saturated rings. The molecule has 0 radical (unpaired) electrons. The summed E-state index contributed by atoms with van der Waals surface area (Å²) >= 11 is 0. The highest BCUT2D eigenvalue weighted by molar-refractivity contribution is 5.97. The second-order valence-electron chi connectivity index (χ2n) is 6.13. The summed E-state index contributed by atoms with van der Waals surface area (Å²) in [4.78, 5) is 16.8. The molecule has 0 bridgehead atoms. The van der Waals surface area contributed by atoms with Crippen molar-refractivity contribution in [2.75, 3.05) is 5.32 Å². The van der Waals surface area contributed by atoms with Crippen LogP contribution in [0.15, 0.2) is 30.5 Å². The van der Waals surface area contributed by atoms with Crippen LogP contribution in [-0.4, -0.2) is 21.1 Å². The van der Waals surface area contributed by atoms with E-state index in [4.69, 9.17) is 0 Å². The van der Waals surface area contributed by atoms with Gasteiger partial charge in [-0.15, -0.1) is 0 Å². The summed E-state index contributed by atoms with van der Waals surface area (Å²) in [5.74, 6) is 1.06. The molecule has 0 atom stereocenters. The molecule has 0 saturated heterocycles. The van der Waals surface area contributed by atoms with E-state index in [1.807, 2.05) is 38.1 Å². The Labute approximate surface area is 124 Å². The maximum absolute atomic E-state index is 12.5. The molecule has 1 aliphatic rings. The number of hydrogen-bond donors (Lipinski definition) is 2. The second kappa shape index (κ2) is 5.31. The molecule has 1 amide bonds. The quantitative estimate of drug-likeness (QED) is 0.906. The monoisotopic (exact) mass is 284 g/mol. The van der Waals surface area contributed by atoms with Crippen molar-refractivity contribution in [1.82, 2.24) is 15.2 Å². The van der Waals surface area contributed by atoms with Crippen LogP contribution in [0.3, 0.4) is 0 Å². The predicted octanol–water partition coefficient (Wildman–Crippen LogP) is 2.99. The Morgan fingerprint density at radius 1 is 1.38 bits per heavy atom. The van der Waals surface area contributed by atoms with Crippen molar-refractivity contribution in [3.63, 3.8) is 0 Å². The van der Waals surface area contributed by atoms with Crippen LogP contribution in [-0.2, 0) is 10.2 Å². The number of carbonyl (C=O) groups is 1. The van der Waals surface area contributed by atoms with Gasteiger partial charge in [0.1, 0.15) is 0 Å². The average Bonchev–Trinajstić information content (AvgIpc) is 2.85. The maximum atomic E-state index is 12.5. The van der Waals surface area contributed by atoms with Crippen LogP contribution in [0.2, 0.25) is 0 Å². The molecule has 1 saturated carbocycles. The van der Waals surface area contributed by atoms with Crippen LogP contribution >= 0.6 is 0 Å². The third-order valence-corrected chi connectivity index (χ3v) is 4.26. The smallest absolute Gasteiger partial charge is 0.237 e. The van der Waals surface area contributed by atoms with Gasteiger partial charge in [0, 0.05) is 23.9 Å². The van der Waals surface area contributed by atoms with Gasteiger partial charge >= 0.3 is 0 Å². The first-order valence-corrected chi connectivity index (χ1v) is 7.35. The van der Waals surface area contributed by atoms with Gasteiger partial charge in [-0.2, -0.15) is 5.10 Å². The van der Waals surface area contributed by atoms with Crippen LogP contribution in [0, 0.1) is 0 Å². The summed E-state index contributed by atoms with van der Waals surface area (Å²) in [7, 11) is 0. The number of aromatic nitrogens is 3. The third kappa shape index (κ3) is 2.68. The molecule has 2 aromatic heterocycles. The minimum absolute atomic E-state index is 0.104. The highest BCUT2D eigenvalue weighted by Gasteiger charge is 2.32. The van der Waals surface area contributed by atoms with Crippen molar-refractivity contribution >= 4 is 11.7 Å². The van der Waals surface area contributed by atoms with Gasteiger partial charge in [-0.1, -0.05) is 12.5 Å². The van der Waals surface area contributed by atoms with E-state index in [-0.39, 0.29) is 5.91 Å². The maximum Gasteiger partial charge on any atom is 0.237 e. The van der Waals surface area contributed by atoms with E-state index in [9.17, 15) is 4.79 Å². The van der Waals surface area contributed by atoms with Crippen LogP contribution < -0.4 is 5.32 Å². The summed E-state index contributed by atoms with van der Waals surface area (Å²) in [6.45, 7) is 3.73. The fourth-order valence-electron chi connectivity index (χ4n) is 2.45. The number of rotatable bonds is 4. The summed E-state index contributed by atoms with van der Waals surface area (Å²) in [6, 6.07) is 7.54. The number of pyridine rings is 1. The van der Waals surface area contributed by atoms with Gasteiger partial charge in [-0.3, -0.25) is 14.9 Å². The molecule has 2 N–H and O–H groups in total. The Hall–Kier alpha value is -2.17. The molecule has 0 aromatic carbocycles. The SMILES string of the molecule is CC(C)(C(=O)Nc1cc(C2CCC2)[nH]n1)c1ccccn1. The lowest BCUT2D eigenvalue weighted by atomic mass is 9.83. The third-order valence-electron chi connectivity index (χ3n) is 4.26. The number of nitrogens with one attached hydrogen (secondary N) is 2. The summed E-state index contributed by atoms with van der Waals surface area (Å²) in [5.41, 5.74) is 1.17. The van der Waals surface area contributed by atoms with Crippen molar-refractivity contribution in [3.05, 3.63) is 41.9 Å². The number of hydrogen-bond acceptors (Lipinski definition) is 3. The fourth-order valence-corrected chi connectivity index (χ4v) is 2.45. The van der Waals surface area contributed by atoms with Gasteiger partial charge in [0.25, 0.3) is 0 Å². The van der Waals surface area contributed by atoms with Crippen molar-refractivity contribution in [3.8, 4) is 0 Å². The topological polar surface area (TPSA) is 70.7 Å². The zero-order valence-electron chi connectivity index (χ0n) is 12.4. The van der Waals surface area contributed by atoms with Crippen LogP contribution in [0.4, 0.5) is 5.82 Å². The second-order valence-corrected chi connectivity index (χ2v) is 6.13. The molecule has 21 heavy (non-hydrogen) atoms. The largest absolute Gasteiger partial charge is 0.308 e. The minimum atomic E-state index is -0.698. The van der Waals surface area contributed by atoms with Gasteiger partial charge in [-0.05, 0) is 38.8 Å². The highest BCUT2D eigenvalue weighted by atomic mass is 16.2. The fraction of sp³-hybridized carbons (Fsp3) is 0.438. The summed E-state index contributed by atoms with van der Waals surface area (Å²) in [6.07, 6.45) is 5.38. The van der Waals surface area contributed by atoms with Crippen molar-refractivity contribution in [2.24, 2.45) is 0 Å². The molecule has 1 aliphatic carbocycles. The number of anilines is 1. The minimum Gasteiger partial charge on any atom is -0.308 e. The predicted molar refractivity (Wildman–Crippen MR) is 81.1 cm³/mol. The Morgan fingerprint density at radius 2 is 2.19 bits per heavy atom. The summed E-state index contributed by atoms with van der Waals surface area (Å²) < 4.78 is 0. The first-order valence-electron chi connectivity index (χ1n) is 7.35. The Balaban J connectivity index is 1.72. The van der Waals surface area contributed by atoms with Crippen LogP contribution in [0.5, 0.6) is 0 Å². The average molecular weight is 284 g/mol.